The Hall–Kier alpha value is -2.07. The fourth-order valence-corrected chi connectivity index (χ4v) is 2.41. The quantitative estimate of drug-likeness (QED) is 0.673. The molecule has 0 aromatic heterocycles. The van der Waals surface area contributed by atoms with E-state index in [0.717, 1.165) is 4.90 Å². The first kappa shape index (κ1) is 15.3. The van der Waals surface area contributed by atoms with Gasteiger partial charge < -0.3 is 5.11 Å². The second kappa shape index (κ2) is 6.59. The Kier molecular flexibility index (Phi) is 4.81. The summed E-state index contributed by atoms with van der Waals surface area (Å²) in [5.74, 6) is -1.62. The first-order valence-corrected chi connectivity index (χ1v) is 7.77. The lowest BCUT2D eigenvalue weighted by atomic mass is 9.96. The number of hydrogen-bond acceptors (Lipinski definition) is 3. The molecule has 4 heteroatoms. The third-order valence-corrected chi connectivity index (χ3v) is 4.12. The zero-order chi connectivity index (χ0) is 15.4. The van der Waals surface area contributed by atoms with Crippen LogP contribution < -0.4 is 0 Å². The average Bonchev–Trinajstić information content (AvgIpc) is 2.53. The summed E-state index contributed by atoms with van der Waals surface area (Å²) < 4.78 is 0. The number of carbonyl (C=O) groups is 2. The monoisotopic (exact) mass is 300 g/mol. The highest BCUT2D eigenvalue weighted by Crippen LogP contribution is 2.20. The summed E-state index contributed by atoms with van der Waals surface area (Å²) in [5, 5.41) is 9.05. The minimum Gasteiger partial charge on any atom is -0.481 e. The van der Waals surface area contributed by atoms with Crippen LogP contribution >= 0.6 is 11.8 Å². The molecule has 0 fully saturated rings. The molecule has 1 N–H and O–H groups in total. The molecular formula is C17H16O3S. The van der Waals surface area contributed by atoms with Crippen LogP contribution in [0.25, 0.3) is 0 Å². The molecule has 0 spiro atoms. The molecule has 0 saturated heterocycles. The number of benzene rings is 2. The highest BCUT2D eigenvalue weighted by atomic mass is 32.2. The molecule has 0 unspecified atom stereocenters. The van der Waals surface area contributed by atoms with Gasteiger partial charge in [-0.1, -0.05) is 18.2 Å². The smallest absolute Gasteiger partial charge is 0.310 e. The van der Waals surface area contributed by atoms with Crippen molar-refractivity contribution < 1.29 is 14.7 Å². The molecule has 0 bridgehead atoms. The van der Waals surface area contributed by atoms with E-state index in [4.69, 9.17) is 5.11 Å². The zero-order valence-corrected chi connectivity index (χ0v) is 12.7. The Labute approximate surface area is 128 Å². The van der Waals surface area contributed by atoms with Gasteiger partial charge in [0.25, 0.3) is 0 Å². The van der Waals surface area contributed by atoms with E-state index < -0.39 is 11.9 Å². The Morgan fingerprint density at radius 1 is 1.05 bits per heavy atom. The number of rotatable bonds is 5. The first-order chi connectivity index (χ1) is 10.0. The van der Waals surface area contributed by atoms with E-state index >= 15 is 0 Å². The lowest BCUT2D eigenvalue weighted by Gasteiger charge is -2.08. The van der Waals surface area contributed by atoms with E-state index in [1.54, 1.807) is 55.1 Å². The van der Waals surface area contributed by atoms with E-state index in [-0.39, 0.29) is 5.78 Å². The Morgan fingerprint density at radius 3 is 2.29 bits per heavy atom. The molecule has 108 valence electrons. The third-order valence-electron chi connectivity index (χ3n) is 3.37. The van der Waals surface area contributed by atoms with Crippen LogP contribution in [0.1, 0.15) is 34.3 Å². The van der Waals surface area contributed by atoms with Gasteiger partial charge in [0.2, 0.25) is 0 Å². The molecule has 0 aliphatic carbocycles. The van der Waals surface area contributed by atoms with Crippen LogP contribution in [0.4, 0.5) is 0 Å². The van der Waals surface area contributed by atoms with E-state index in [1.165, 1.54) is 0 Å². The van der Waals surface area contributed by atoms with Crippen LogP contribution in [0.15, 0.2) is 53.4 Å². The van der Waals surface area contributed by atoms with Crippen LogP contribution in [0.2, 0.25) is 0 Å². The minimum absolute atomic E-state index is 0.0953. The summed E-state index contributed by atoms with van der Waals surface area (Å²) in [6, 6.07) is 14.2. The maximum Gasteiger partial charge on any atom is 0.310 e. The average molecular weight is 300 g/mol. The predicted octanol–water partition coefficient (Wildman–Crippen LogP) is 3.83. The van der Waals surface area contributed by atoms with Crippen molar-refractivity contribution in [2.45, 2.75) is 17.7 Å². The van der Waals surface area contributed by atoms with Gasteiger partial charge in [0.05, 0.1) is 5.92 Å². The van der Waals surface area contributed by atoms with Gasteiger partial charge in [-0.05, 0) is 49.1 Å². The second-order valence-electron chi connectivity index (χ2n) is 4.74. The van der Waals surface area contributed by atoms with Gasteiger partial charge in [-0.25, -0.2) is 0 Å². The number of carboxylic acids is 1. The molecule has 0 radical (unpaired) electrons. The summed E-state index contributed by atoms with van der Waals surface area (Å²) in [4.78, 5) is 24.6. The van der Waals surface area contributed by atoms with Gasteiger partial charge in [0, 0.05) is 16.0 Å². The first-order valence-electron chi connectivity index (χ1n) is 6.54. The predicted molar refractivity (Wildman–Crippen MR) is 84.1 cm³/mol. The molecule has 2 aromatic rings. The molecular weight excluding hydrogens is 284 g/mol. The van der Waals surface area contributed by atoms with E-state index in [9.17, 15) is 9.59 Å². The summed E-state index contributed by atoms with van der Waals surface area (Å²) in [5.41, 5.74) is 1.75. The van der Waals surface area contributed by atoms with Gasteiger partial charge >= 0.3 is 5.97 Å². The van der Waals surface area contributed by atoms with Crippen LogP contribution in [0.3, 0.4) is 0 Å². The largest absolute Gasteiger partial charge is 0.481 e. The van der Waals surface area contributed by atoms with Crippen molar-refractivity contribution in [3.8, 4) is 0 Å². The summed E-state index contributed by atoms with van der Waals surface area (Å²) >= 11 is 1.62. The number of ketones is 1. The van der Waals surface area contributed by atoms with Crippen molar-refractivity contribution >= 4 is 23.5 Å². The van der Waals surface area contributed by atoms with Crippen LogP contribution in [0.5, 0.6) is 0 Å². The summed E-state index contributed by atoms with van der Waals surface area (Å²) in [7, 11) is 0. The maximum atomic E-state index is 12.4. The SMILES string of the molecule is CSc1ccc(C(=O)c2cccc([C@H](C)C(=O)O)c2)cc1. The van der Waals surface area contributed by atoms with Crippen LogP contribution in [-0.4, -0.2) is 23.1 Å². The van der Waals surface area contributed by atoms with Crippen molar-refractivity contribution in [3.63, 3.8) is 0 Å². The number of carboxylic acid groups (broad SMARTS) is 1. The maximum absolute atomic E-state index is 12.4. The van der Waals surface area contributed by atoms with E-state index in [2.05, 4.69) is 0 Å². The number of carbonyl (C=O) groups excluding carboxylic acids is 1. The molecule has 2 aromatic carbocycles. The summed E-state index contributed by atoms with van der Waals surface area (Å²) in [6.07, 6.45) is 1.98. The molecule has 21 heavy (non-hydrogen) atoms. The highest BCUT2D eigenvalue weighted by molar-refractivity contribution is 7.98. The van der Waals surface area contributed by atoms with Gasteiger partial charge in [-0.15, -0.1) is 11.8 Å². The second-order valence-corrected chi connectivity index (χ2v) is 5.62. The van der Waals surface area contributed by atoms with Gasteiger partial charge in [0.15, 0.2) is 5.78 Å². The molecule has 2 rings (SSSR count). The molecule has 0 amide bonds. The van der Waals surface area contributed by atoms with E-state index in [1.807, 2.05) is 18.4 Å². The molecule has 3 nitrogen and oxygen atoms in total. The van der Waals surface area contributed by atoms with Crippen molar-refractivity contribution in [1.82, 2.24) is 0 Å². The molecule has 0 aliphatic heterocycles. The van der Waals surface area contributed by atoms with Gasteiger partial charge in [0.1, 0.15) is 0 Å². The Bertz CT molecular complexity index is 662. The Morgan fingerprint density at radius 2 is 1.71 bits per heavy atom. The van der Waals surface area contributed by atoms with Gasteiger partial charge in [-0.2, -0.15) is 0 Å². The standard InChI is InChI=1S/C17H16O3S/c1-11(17(19)20)13-4-3-5-14(10-13)16(18)12-6-8-15(21-2)9-7-12/h3-11H,1-2H3,(H,19,20)/t11-/m0/s1. The minimum atomic E-state index is -0.899. The van der Waals surface area contributed by atoms with Crippen molar-refractivity contribution in [3.05, 3.63) is 65.2 Å². The Balaban J connectivity index is 2.30. The topological polar surface area (TPSA) is 54.4 Å². The number of aliphatic carboxylic acids is 1. The fraction of sp³-hybridized carbons (Fsp3) is 0.176. The molecule has 0 saturated carbocycles. The van der Waals surface area contributed by atoms with E-state index in [0.29, 0.717) is 16.7 Å². The van der Waals surface area contributed by atoms with Crippen LogP contribution in [0, 0.1) is 0 Å². The zero-order valence-electron chi connectivity index (χ0n) is 11.9. The van der Waals surface area contributed by atoms with Gasteiger partial charge in [-0.3, -0.25) is 9.59 Å². The van der Waals surface area contributed by atoms with Crippen LogP contribution in [-0.2, 0) is 4.79 Å². The summed E-state index contributed by atoms with van der Waals surface area (Å²) in [6.45, 7) is 1.61. The molecule has 1 atom stereocenters. The van der Waals surface area contributed by atoms with Crippen molar-refractivity contribution in [2.75, 3.05) is 6.26 Å². The normalized spacial score (nSPS) is 11.9. The molecule has 0 heterocycles. The molecule has 0 aliphatic rings. The lowest BCUT2D eigenvalue weighted by Crippen LogP contribution is -2.09. The van der Waals surface area contributed by atoms with Crippen molar-refractivity contribution in [2.24, 2.45) is 0 Å². The lowest BCUT2D eigenvalue weighted by molar-refractivity contribution is -0.138. The number of hydrogen-bond donors (Lipinski definition) is 1. The number of thioether (sulfide) groups is 1. The fourth-order valence-electron chi connectivity index (χ4n) is 2.00. The van der Waals surface area contributed by atoms with Crippen molar-refractivity contribution in [1.29, 1.82) is 0 Å². The highest BCUT2D eigenvalue weighted by Gasteiger charge is 2.16. The third kappa shape index (κ3) is 3.52.